The normalized spacial score (nSPS) is 31.4. The van der Waals surface area contributed by atoms with Gasteiger partial charge in [-0.05, 0) is 31.6 Å². The van der Waals surface area contributed by atoms with E-state index in [0.717, 1.165) is 18.4 Å². The highest BCUT2D eigenvalue weighted by molar-refractivity contribution is 5.27. The van der Waals surface area contributed by atoms with Crippen LogP contribution in [0.3, 0.4) is 0 Å². The maximum Gasteiger partial charge on any atom is 0.115 e. The second-order valence-corrected chi connectivity index (χ2v) is 6.58. The highest BCUT2D eigenvalue weighted by Crippen LogP contribution is 2.43. The van der Waals surface area contributed by atoms with Gasteiger partial charge in [-0.15, -0.1) is 0 Å². The first-order valence-electron chi connectivity index (χ1n) is 7.96. The first-order chi connectivity index (χ1) is 9.42. The third kappa shape index (κ3) is 2.08. The number of nitrogens with zero attached hydrogens (tertiary/aromatic N) is 3. The fourth-order valence-corrected chi connectivity index (χ4v) is 4.47. The van der Waals surface area contributed by atoms with E-state index in [9.17, 15) is 0 Å². The van der Waals surface area contributed by atoms with Crippen LogP contribution in [0.2, 0.25) is 0 Å². The Labute approximate surface area is 115 Å². The summed E-state index contributed by atoms with van der Waals surface area (Å²) in [6.45, 7) is 1.32. The van der Waals surface area contributed by atoms with Gasteiger partial charge >= 0.3 is 0 Å². The fourth-order valence-electron chi connectivity index (χ4n) is 4.47. The zero-order valence-electron chi connectivity index (χ0n) is 11.6. The molecule has 0 N–H and O–H groups in total. The van der Waals surface area contributed by atoms with Crippen molar-refractivity contribution in [1.29, 1.82) is 0 Å². The summed E-state index contributed by atoms with van der Waals surface area (Å²) in [6, 6.07) is 1.38. The molecule has 3 nitrogen and oxygen atoms in total. The molecule has 1 aromatic heterocycles. The molecule has 102 valence electrons. The summed E-state index contributed by atoms with van der Waals surface area (Å²) in [5.41, 5.74) is 2.74. The van der Waals surface area contributed by atoms with Crippen molar-refractivity contribution in [1.82, 2.24) is 14.9 Å². The van der Waals surface area contributed by atoms with Crippen molar-refractivity contribution in [2.45, 2.75) is 63.5 Å². The van der Waals surface area contributed by atoms with E-state index in [1.54, 1.807) is 6.33 Å². The minimum Gasteiger partial charge on any atom is -0.293 e. The second-order valence-electron chi connectivity index (χ2n) is 6.58. The van der Waals surface area contributed by atoms with E-state index >= 15 is 0 Å². The summed E-state index contributed by atoms with van der Waals surface area (Å²) < 4.78 is 0. The van der Waals surface area contributed by atoms with E-state index in [-0.39, 0.29) is 0 Å². The lowest BCUT2D eigenvalue weighted by Crippen LogP contribution is -2.41. The van der Waals surface area contributed by atoms with Crippen LogP contribution in [0.4, 0.5) is 0 Å². The quantitative estimate of drug-likeness (QED) is 0.815. The van der Waals surface area contributed by atoms with E-state index in [0.29, 0.717) is 6.04 Å². The molecule has 3 heteroatoms. The molecule has 2 atom stereocenters. The van der Waals surface area contributed by atoms with Crippen molar-refractivity contribution in [2.24, 2.45) is 5.92 Å². The summed E-state index contributed by atoms with van der Waals surface area (Å²) in [5, 5.41) is 0. The van der Waals surface area contributed by atoms with Crippen molar-refractivity contribution < 1.29 is 0 Å². The number of hydrogen-bond acceptors (Lipinski definition) is 3. The van der Waals surface area contributed by atoms with Gasteiger partial charge in [-0.2, -0.15) is 0 Å². The summed E-state index contributed by atoms with van der Waals surface area (Å²) in [5.74, 6) is 0.947. The van der Waals surface area contributed by atoms with Crippen molar-refractivity contribution in [3.63, 3.8) is 0 Å². The molecule has 1 saturated carbocycles. The van der Waals surface area contributed by atoms with Crippen LogP contribution in [0, 0.1) is 5.92 Å². The highest BCUT2D eigenvalue weighted by Gasteiger charge is 2.41. The molecule has 4 rings (SSSR count). The van der Waals surface area contributed by atoms with E-state index in [4.69, 9.17) is 0 Å². The Kier molecular flexibility index (Phi) is 3.03. The minimum atomic E-state index is 0.622. The largest absolute Gasteiger partial charge is 0.293 e. The smallest absolute Gasteiger partial charge is 0.115 e. The lowest BCUT2D eigenvalue weighted by Gasteiger charge is -2.38. The van der Waals surface area contributed by atoms with Gasteiger partial charge in [0.2, 0.25) is 0 Å². The molecule has 3 aliphatic rings. The molecule has 19 heavy (non-hydrogen) atoms. The van der Waals surface area contributed by atoms with Crippen LogP contribution < -0.4 is 0 Å². The van der Waals surface area contributed by atoms with E-state index in [1.807, 2.05) is 0 Å². The monoisotopic (exact) mass is 257 g/mol. The Balaban J connectivity index is 1.55. The maximum atomic E-state index is 4.50. The molecule has 0 spiro atoms. The molecule has 1 aromatic rings. The zero-order chi connectivity index (χ0) is 12.7. The zero-order valence-corrected chi connectivity index (χ0v) is 11.6. The van der Waals surface area contributed by atoms with Gasteiger partial charge in [-0.1, -0.05) is 19.3 Å². The molecule has 3 heterocycles. The standard InChI is InChI=1S/C16H23N3/c1-2-4-12(5-3-1)10-19-13-6-7-16(19)14-9-17-11-18-15(14)8-13/h9,11-13,16H,1-8,10H2. The Morgan fingerprint density at radius 2 is 2.00 bits per heavy atom. The van der Waals surface area contributed by atoms with Gasteiger partial charge in [0.05, 0.1) is 5.69 Å². The summed E-state index contributed by atoms with van der Waals surface area (Å²) in [6.07, 6.45) is 14.9. The summed E-state index contributed by atoms with van der Waals surface area (Å²) in [4.78, 5) is 11.6. The van der Waals surface area contributed by atoms with Crippen LogP contribution in [0.15, 0.2) is 12.5 Å². The van der Waals surface area contributed by atoms with Crippen molar-refractivity contribution in [3.8, 4) is 0 Å². The third-order valence-electron chi connectivity index (χ3n) is 5.45. The summed E-state index contributed by atoms with van der Waals surface area (Å²) >= 11 is 0. The average molecular weight is 257 g/mol. The van der Waals surface area contributed by atoms with Gasteiger partial charge in [-0.25, -0.2) is 9.97 Å². The van der Waals surface area contributed by atoms with Crippen molar-refractivity contribution in [2.75, 3.05) is 6.54 Å². The van der Waals surface area contributed by atoms with Gasteiger partial charge in [0.25, 0.3) is 0 Å². The third-order valence-corrected chi connectivity index (χ3v) is 5.45. The molecule has 0 amide bonds. The topological polar surface area (TPSA) is 29.0 Å². The van der Waals surface area contributed by atoms with Crippen molar-refractivity contribution in [3.05, 3.63) is 23.8 Å². The van der Waals surface area contributed by atoms with Crippen LogP contribution in [-0.2, 0) is 6.42 Å². The number of fused-ring (bicyclic) bond motifs is 4. The summed E-state index contributed by atoms with van der Waals surface area (Å²) in [7, 11) is 0. The first kappa shape index (κ1) is 11.8. The lowest BCUT2D eigenvalue weighted by molar-refractivity contribution is 0.131. The molecule has 2 aliphatic heterocycles. The predicted octanol–water partition coefficient (Wildman–Crippen LogP) is 3.12. The second kappa shape index (κ2) is 4.86. The maximum absolute atomic E-state index is 4.50. The highest BCUT2D eigenvalue weighted by atomic mass is 15.2. The van der Waals surface area contributed by atoms with E-state index in [1.165, 1.54) is 62.7 Å². The van der Waals surface area contributed by atoms with Gasteiger partial charge in [0, 0.05) is 36.8 Å². The van der Waals surface area contributed by atoms with E-state index < -0.39 is 0 Å². The van der Waals surface area contributed by atoms with Crippen LogP contribution in [-0.4, -0.2) is 27.5 Å². The predicted molar refractivity (Wildman–Crippen MR) is 74.8 cm³/mol. The molecule has 2 unspecified atom stereocenters. The Hall–Kier alpha value is -0.960. The van der Waals surface area contributed by atoms with Gasteiger partial charge < -0.3 is 0 Å². The Morgan fingerprint density at radius 3 is 2.89 bits per heavy atom. The molecular formula is C16H23N3. The molecular weight excluding hydrogens is 234 g/mol. The molecule has 0 radical (unpaired) electrons. The number of aromatic nitrogens is 2. The molecule has 2 bridgehead atoms. The van der Waals surface area contributed by atoms with Gasteiger partial charge in [0.15, 0.2) is 0 Å². The average Bonchev–Trinajstić information content (AvgIpc) is 2.74. The minimum absolute atomic E-state index is 0.622. The molecule has 2 fully saturated rings. The van der Waals surface area contributed by atoms with E-state index in [2.05, 4.69) is 21.1 Å². The van der Waals surface area contributed by atoms with Crippen LogP contribution >= 0.6 is 0 Å². The molecule has 0 aromatic carbocycles. The van der Waals surface area contributed by atoms with Crippen LogP contribution in [0.25, 0.3) is 0 Å². The fraction of sp³-hybridized carbons (Fsp3) is 0.750. The van der Waals surface area contributed by atoms with Crippen molar-refractivity contribution >= 4 is 0 Å². The lowest BCUT2D eigenvalue weighted by atomic mass is 9.87. The van der Waals surface area contributed by atoms with Crippen LogP contribution in [0.5, 0.6) is 0 Å². The number of rotatable bonds is 2. The number of hydrogen-bond donors (Lipinski definition) is 0. The first-order valence-corrected chi connectivity index (χ1v) is 7.96. The van der Waals surface area contributed by atoms with Gasteiger partial charge in [0.1, 0.15) is 6.33 Å². The molecule has 1 saturated heterocycles. The Morgan fingerprint density at radius 1 is 1.11 bits per heavy atom. The Bertz CT molecular complexity index is 453. The van der Waals surface area contributed by atoms with Crippen LogP contribution in [0.1, 0.15) is 62.2 Å². The molecule has 1 aliphatic carbocycles. The SMILES string of the molecule is c1ncc2c(n1)CC1CCC2N1CC1CCCCC1. The van der Waals surface area contributed by atoms with Gasteiger partial charge in [-0.3, -0.25) is 4.90 Å².